The van der Waals surface area contributed by atoms with Gasteiger partial charge in [0.2, 0.25) is 5.01 Å². The van der Waals surface area contributed by atoms with Crippen molar-refractivity contribution in [3.63, 3.8) is 0 Å². The maximum atomic E-state index is 12.5. The molecule has 28 heavy (non-hydrogen) atoms. The number of sulfone groups is 1. The maximum absolute atomic E-state index is 12.5. The zero-order valence-corrected chi connectivity index (χ0v) is 17.9. The van der Waals surface area contributed by atoms with Crippen LogP contribution < -0.4 is 5.32 Å². The Hall–Kier alpha value is -1.62. The Bertz CT molecular complexity index is 1210. The molecule has 3 aliphatic rings. The number of halogens is 1. The van der Waals surface area contributed by atoms with Crippen LogP contribution in [0, 0.1) is 0 Å². The van der Waals surface area contributed by atoms with Crippen molar-refractivity contribution in [2.45, 2.75) is 36.0 Å². The summed E-state index contributed by atoms with van der Waals surface area (Å²) in [6.07, 6.45) is 3.68. The molecule has 0 saturated heterocycles. The Kier molecular flexibility index (Phi) is 3.91. The number of hydrogen-bond donors (Lipinski definition) is 1. The topological polar surface area (TPSA) is 102 Å². The number of hydrogen-bond acceptors (Lipinski definition) is 8. The van der Waals surface area contributed by atoms with Gasteiger partial charge < -0.3 is 5.32 Å². The Morgan fingerprint density at radius 2 is 2.04 bits per heavy atom. The van der Waals surface area contributed by atoms with Crippen molar-refractivity contribution >= 4 is 60.4 Å². The molecular formula is C17H15ClN4O3S3. The van der Waals surface area contributed by atoms with Gasteiger partial charge in [0.05, 0.1) is 10.2 Å². The van der Waals surface area contributed by atoms with Crippen LogP contribution in [0.2, 0.25) is 5.02 Å². The minimum Gasteiger partial charge on any atom is -0.344 e. The molecule has 1 aromatic carbocycles. The van der Waals surface area contributed by atoms with Crippen LogP contribution in [0.25, 0.3) is 10.2 Å². The van der Waals surface area contributed by atoms with Crippen molar-refractivity contribution in [1.29, 1.82) is 0 Å². The molecule has 3 aliphatic carbocycles. The maximum Gasteiger partial charge on any atom is 0.282 e. The lowest BCUT2D eigenvalue weighted by Gasteiger charge is -2.69. The molecular weight excluding hydrogens is 440 g/mol. The molecule has 1 N–H and O–H groups in total. The molecule has 3 saturated carbocycles. The Labute approximate surface area is 174 Å². The van der Waals surface area contributed by atoms with Crippen molar-refractivity contribution in [2.75, 3.05) is 6.26 Å². The first-order valence-corrected chi connectivity index (χ1v) is 12.6. The molecule has 146 valence electrons. The molecule has 0 atom stereocenters. The number of carbonyl (C=O) groups is 1. The third-order valence-electron chi connectivity index (χ3n) is 5.27. The fraction of sp³-hybridized carbons (Fsp3) is 0.412. The van der Waals surface area contributed by atoms with Gasteiger partial charge in [0, 0.05) is 22.2 Å². The fourth-order valence-electron chi connectivity index (χ4n) is 4.21. The van der Waals surface area contributed by atoms with E-state index in [4.69, 9.17) is 16.6 Å². The van der Waals surface area contributed by atoms with Gasteiger partial charge in [-0.05, 0) is 49.0 Å². The average molecular weight is 455 g/mol. The summed E-state index contributed by atoms with van der Waals surface area (Å²) in [6, 6.07) is 5.71. The molecule has 6 rings (SSSR count). The smallest absolute Gasteiger partial charge is 0.282 e. The average Bonchev–Trinajstić information content (AvgIpc) is 3.13. The summed E-state index contributed by atoms with van der Waals surface area (Å²) in [5, 5.41) is 5.07. The number of fused-ring (bicyclic) bond motifs is 1. The zero-order chi connectivity index (χ0) is 19.7. The van der Waals surface area contributed by atoms with Crippen molar-refractivity contribution in [2.24, 2.45) is 0 Å². The van der Waals surface area contributed by atoms with Crippen LogP contribution in [0.1, 0.15) is 39.9 Å². The summed E-state index contributed by atoms with van der Waals surface area (Å²) in [6.45, 7) is 0. The minimum absolute atomic E-state index is 0.0476. The van der Waals surface area contributed by atoms with E-state index < -0.39 is 9.84 Å². The van der Waals surface area contributed by atoms with Gasteiger partial charge >= 0.3 is 0 Å². The van der Waals surface area contributed by atoms with Crippen LogP contribution in [0.5, 0.6) is 0 Å². The number of aromatic nitrogens is 3. The van der Waals surface area contributed by atoms with Gasteiger partial charge in [-0.2, -0.15) is 4.37 Å². The van der Waals surface area contributed by atoms with E-state index in [-0.39, 0.29) is 33.4 Å². The zero-order valence-electron chi connectivity index (χ0n) is 14.7. The molecule has 0 radical (unpaired) electrons. The van der Waals surface area contributed by atoms with E-state index in [1.807, 2.05) is 18.2 Å². The standard InChI is InChI=1S/C17H15ClN4O3S3/c1-28(24,25)5-12-20-14(27-22-12)13(23)21-17-6-16(7-17,8-17)15-19-10-3-2-9(18)4-11(10)26-15/h2-4H,5-8H2,1H3,(H,21,23). The molecule has 0 spiro atoms. The molecule has 3 aromatic rings. The van der Waals surface area contributed by atoms with Gasteiger partial charge in [-0.3, -0.25) is 4.79 Å². The van der Waals surface area contributed by atoms with Crippen molar-refractivity contribution in [3.8, 4) is 0 Å². The van der Waals surface area contributed by atoms with Crippen molar-refractivity contribution in [1.82, 2.24) is 19.7 Å². The second kappa shape index (κ2) is 5.94. The first kappa shape index (κ1) is 18.4. The van der Waals surface area contributed by atoms with Gasteiger partial charge in [-0.25, -0.2) is 18.4 Å². The molecule has 2 bridgehead atoms. The van der Waals surface area contributed by atoms with Crippen LogP contribution >= 0.6 is 34.5 Å². The Balaban J connectivity index is 1.26. The Morgan fingerprint density at radius 1 is 1.29 bits per heavy atom. The lowest BCUT2D eigenvalue weighted by Crippen LogP contribution is -2.76. The third kappa shape index (κ3) is 3.02. The van der Waals surface area contributed by atoms with E-state index in [1.54, 1.807) is 11.3 Å². The molecule has 7 nitrogen and oxygen atoms in total. The second-order valence-corrected chi connectivity index (χ2v) is 12.1. The predicted molar refractivity (Wildman–Crippen MR) is 109 cm³/mol. The number of benzene rings is 1. The van der Waals surface area contributed by atoms with E-state index >= 15 is 0 Å². The van der Waals surface area contributed by atoms with Crippen LogP contribution in [-0.2, 0) is 21.0 Å². The fourth-order valence-corrected chi connectivity index (χ4v) is 6.89. The van der Waals surface area contributed by atoms with E-state index in [0.29, 0.717) is 5.02 Å². The van der Waals surface area contributed by atoms with E-state index in [9.17, 15) is 13.2 Å². The first-order valence-electron chi connectivity index (χ1n) is 8.55. The van der Waals surface area contributed by atoms with Gasteiger partial charge in [0.1, 0.15) is 10.8 Å². The lowest BCUT2D eigenvalue weighted by atomic mass is 9.39. The van der Waals surface area contributed by atoms with Gasteiger partial charge in [-0.1, -0.05) is 11.6 Å². The molecule has 0 unspecified atom stereocenters. The molecule has 0 aliphatic heterocycles. The quantitative estimate of drug-likeness (QED) is 0.635. The molecule has 2 aromatic heterocycles. The SMILES string of the molecule is CS(=O)(=O)Cc1nsc(C(=O)NC23CC(c4nc5ccc(Cl)cc5s4)(C2)C3)n1. The summed E-state index contributed by atoms with van der Waals surface area (Å²) in [5.41, 5.74) is 0.792. The van der Waals surface area contributed by atoms with E-state index in [0.717, 1.165) is 52.3 Å². The largest absolute Gasteiger partial charge is 0.344 e. The summed E-state index contributed by atoms with van der Waals surface area (Å²) < 4.78 is 27.7. The van der Waals surface area contributed by atoms with E-state index in [2.05, 4.69) is 14.7 Å². The van der Waals surface area contributed by atoms with Gasteiger partial charge in [0.25, 0.3) is 5.91 Å². The Morgan fingerprint density at radius 3 is 2.75 bits per heavy atom. The van der Waals surface area contributed by atoms with Crippen molar-refractivity contribution in [3.05, 3.63) is 39.1 Å². The number of nitrogens with one attached hydrogen (secondary N) is 1. The summed E-state index contributed by atoms with van der Waals surface area (Å²) in [5.74, 6) is -0.381. The number of thiazole rings is 1. The summed E-state index contributed by atoms with van der Waals surface area (Å²) in [7, 11) is -3.23. The van der Waals surface area contributed by atoms with Gasteiger partial charge in [-0.15, -0.1) is 11.3 Å². The molecule has 1 amide bonds. The summed E-state index contributed by atoms with van der Waals surface area (Å²) >= 11 is 8.66. The number of amides is 1. The van der Waals surface area contributed by atoms with Gasteiger partial charge in [0.15, 0.2) is 15.7 Å². The monoisotopic (exact) mass is 454 g/mol. The normalized spacial score (nSPS) is 25.9. The molecule has 11 heteroatoms. The lowest BCUT2D eigenvalue weighted by molar-refractivity contribution is -0.0807. The van der Waals surface area contributed by atoms with Crippen LogP contribution in [0.4, 0.5) is 0 Å². The van der Waals surface area contributed by atoms with Crippen LogP contribution in [0.3, 0.4) is 0 Å². The minimum atomic E-state index is -3.23. The number of nitrogens with zero attached hydrogens (tertiary/aromatic N) is 3. The van der Waals surface area contributed by atoms with Crippen molar-refractivity contribution < 1.29 is 13.2 Å². The summed E-state index contributed by atoms with van der Waals surface area (Å²) in [4.78, 5) is 21.3. The van der Waals surface area contributed by atoms with E-state index in [1.165, 1.54) is 0 Å². The highest BCUT2D eigenvalue weighted by molar-refractivity contribution is 7.89. The second-order valence-electron chi connectivity index (χ2n) is 7.76. The molecule has 2 heterocycles. The third-order valence-corrected chi connectivity index (χ3v) is 8.30. The first-order chi connectivity index (χ1) is 13.2. The number of rotatable bonds is 5. The highest BCUT2D eigenvalue weighted by Gasteiger charge is 2.70. The highest BCUT2D eigenvalue weighted by Crippen LogP contribution is 2.68. The predicted octanol–water partition coefficient (Wildman–Crippen LogP) is 2.95. The highest BCUT2D eigenvalue weighted by atomic mass is 35.5. The number of carbonyl (C=O) groups excluding carboxylic acids is 1. The van der Waals surface area contributed by atoms with Crippen LogP contribution in [-0.4, -0.2) is 40.5 Å². The van der Waals surface area contributed by atoms with Crippen LogP contribution in [0.15, 0.2) is 18.2 Å². The molecule has 3 fully saturated rings.